The number of aromatic nitrogens is 4. The number of hydrogen-bond donors (Lipinski definition) is 3. The Labute approximate surface area is 353 Å². The summed E-state index contributed by atoms with van der Waals surface area (Å²) in [7, 11) is 0. The van der Waals surface area contributed by atoms with E-state index in [1.807, 2.05) is 50.2 Å². The normalized spacial score (nSPS) is 20.3. The number of pyridine rings is 1. The van der Waals surface area contributed by atoms with Crippen molar-refractivity contribution in [3.63, 3.8) is 0 Å². The monoisotopic (exact) mass is 830 g/mol. The highest BCUT2D eigenvalue weighted by molar-refractivity contribution is 6.06. The first-order chi connectivity index (χ1) is 29.4. The number of nitrogens with two attached hydrogens (primary N) is 1. The molecule has 3 aromatic heterocycles. The molecule has 0 radical (unpaired) electrons. The van der Waals surface area contributed by atoms with Crippen molar-refractivity contribution in [1.29, 1.82) is 0 Å². The summed E-state index contributed by atoms with van der Waals surface area (Å²) < 4.78 is 24.8. The molecule has 5 aromatic rings. The Morgan fingerprint density at radius 1 is 0.984 bits per heavy atom. The number of hydrogen-bond acceptors (Lipinski definition) is 11. The molecule has 4 aliphatic heterocycles. The van der Waals surface area contributed by atoms with E-state index in [4.69, 9.17) is 15.5 Å². The summed E-state index contributed by atoms with van der Waals surface area (Å²) in [5.74, 6) is 0.0352. The first-order valence-electron chi connectivity index (χ1n) is 21.1. The zero-order chi connectivity index (χ0) is 42.4. The molecule has 9 rings (SSSR count). The van der Waals surface area contributed by atoms with Gasteiger partial charge in [0.15, 0.2) is 5.82 Å². The van der Waals surface area contributed by atoms with Gasteiger partial charge in [-0.2, -0.15) is 0 Å². The van der Waals surface area contributed by atoms with Crippen molar-refractivity contribution < 1.29 is 28.6 Å². The van der Waals surface area contributed by atoms with Crippen molar-refractivity contribution in [2.24, 2.45) is 0 Å². The van der Waals surface area contributed by atoms with Crippen LogP contribution in [0.25, 0.3) is 22.3 Å². The summed E-state index contributed by atoms with van der Waals surface area (Å²) >= 11 is 0. The molecule has 2 aromatic carbocycles. The Bertz CT molecular complexity index is 2500. The van der Waals surface area contributed by atoms with Crippen molar-refractivity contribution in [3.8, 4) is 17.0 Å². The van der Waals surface area contributed by atoms with Gasteiger partial charge in [0.25, 0.3) is 5.91 Å². The average molecular weight is 831 g/mol. The second-order valence-electron chi connectivity index (χ2n) is 16.9. The maximum atomic E-state index is 16.4. The molecule has 7 heterocycles. The number of nitrogens with zero attached hydrogens (tertiary/aromatic N) is 8. The van der Waals surface area contributed by atoms with Crippen molar-refractivity contribution in [3.05, 3.63) is 89.2 Å². The lowest BCUT2D eigenvalue weighted by Crippen LogP contribution is -2.51. The Balaban J connectivity index is 0.781. The number of phenols is 1. The predicted octanol–water partition coefficient (Wildman–Crippen LogP) is 5.70. The molecule has 0 aliphatic carbocycles. The number of nitrogens with one attached hydrogen (secondary N) is 1. The number of piperidine rings is 2. The first kappa shape index (κ1) is 40.3. The number of fused-ring (bicyclic) bond motifs is 1. The lowest BCUT2D eigenvalue weighted by atomic mass is 9.91. The number of morpholine rings is 1. The molecule has 16 heteroatoms. The van der Waals surface area contributed by atoms with Crippen LogP contribution in [0.5, 0.6) is 5.75 Å². The molecule has 1 atom stereocenters. The van der Waals surface area contributed by atoms with Gasteiger partial charge in [0.2, 0.25) is 5.91 Å². The van der Waals surface area contributed by atoms with Gasteiger partial charge < -0.3 is 34.8 Å². The number of alkyl halides is 1. The number of halogens is 1. The van der Waals surface area contributed by atoms with E-state index in [0.717, 1.165) is 53.7 Å². The SMILES string of the molecule is Cc1cc(C(=O)N2CCC(F)(CN3CCC(n4cc(C)c5cc(N6CCC(=O)NC6=O)cnc54)CC3)CC2)ccc1[C@H]1CN(c2cc(-c3ccccc3O)nnc2N)CCO1. The molecular weight excluding hydrogens is 780 g/mol. The van der Waals surface area contributed by atoms with E-state index in [2.05, 4.69) is 36.1 Å². The molecule has 61 heavy (non-hydrogen) atoms. The van der Waals surface area contributed by atoms with Gasteiger partial charge in [-0.25, -0.2) is 14.2 Å². The van der Waals surface area contributed by atoms with Gasteiger partial charge >= 0.3 is 6.03 Å². The summed E-state index contributed by atoms with van der Waals surface area (Å²) in [4.78, 5) is 50.2. The number of anilines is 3. The van der Waals surface area contributed by atoms with Crippen LogP contribution in [0.3, 0.4) is 0 Å². The van der Waals surface area contributed by atoms with Crippen LogP contribution in [-0.4, -0.2) is 117 Å². The van der Waals surface area contributed by atoms with Crippen LogP contribution >= 0.6 is 0 Å². The number of carbonyl (C=O) groups excluding carboxylic acids is 3. The van der Waals surface area contributed by atoms with Gasteiger partial charge in [-0.3, -0.25) is 19.8 Å². The minimum Gasteiger partial charge on any atom is -0.507 e. The van der Waals surface area contributed by atoms with E-state index in [9.17, 15) is 19.5 Å². The topological polar surface area (TPSA) is 175 Å². The lowest BCUT2D eigenvalue weighted by Gasteiger charge is -2.41. The molecule has 0 spiro atoms. The number of rotatable bonds is 8. The molecule has 4 fully saturated rings. The molecule has 0 saturated carbocycles. The van der Waals surface area contributed by atoms with Crippen molar-refractivity contribution in [2.45, 2.75) is 63.8 Å². The maximum absolute atomic E-state index is 16.4. The predicted molar refractivity (Wildman–Crippen MR) is 229 cm³/mol. The lowest BCUT2D eigenvalue weighted by molar-refractivity contribution is -0.120. The molecule has 0 bridgehead atoms. The minimum atomic E-state index is -1.37. The second-order valence-corrected chi connectivity index (χ2v) is 16.9. The Kier molecular flexibility index (Phi) is 10.8. The standard InChI is InChI=1S/C45H51FN10O5/c1-28-21-30(7-8-33(28)39-26-54(19-20-61-39)37-23-36(50-51-41(37)47)34-5-3-4-6-38(34)57)43(59)53-17-12-45(46,13-18-53)27-52-14-9-31(10-15-52)56-25-29(2)35-22-32(24-48-42(35)56)55-16-11-40(58)49-44(55)60/h3-8,21-25,31,39,57H,9-20,26-27H2,1-2H3,(H2,47,51)(H,49,58,60)/t39-/m1/s1. The summed E-state index contributed by atoms with van der Waals surface area (Å²) in [5.41, 5.74) is 11.8. The van der Waals surface area contributed by atoms with Crippen LogP contribution in [-0.2, 0) is 9.53 Å². The number of phenolic OH excluding ortho intramolecular Hbond substituents is 1. The number of imide groups is 1. The van der Waals surface area contributed by atoms with Crippen LogP contribution in [0, 0.1) is 13.8 Å². The number of aryl methyl sites for hydroxylation is 2. The van der Waals surface area contributed by atoms with Gasteiger partial charge in [0.1, 0.15) is 23.2 Å². The molecule has 4 N–H and O–H groups in total. The van der Waals surface area contributed by atoms with Crippen molar-refractivity contribution in [1.82, 2.24) is 34.9 Å². The van der Waals surface area contributed by atoms with Gasteiger partial charge in [-0.1, -0.05) is 18.2 Å². The van der Waals surface area contributed by atoms with E-state index in [1.54, 1.807) is 34.2 Å². The molecule has 318 valence electrons. The highest BCUT2D eigenvalue weighted by Gasteiger charge is 2.39. The van der Waals surface area contributed by atoms with E-state index in [-0.39, 0.29) is 49.0 Å². The Morgan fingerprint density at radius 3 is 2.52 bits per heavy atom. The third kappa shape index (κ3) is 8.09. The summed E-state index contributed by atoms with van der Waals surface area (Å²) in [6.45, 7) is 8.50. The van der Waals surface area contributed by atoms with E-state index < -0.39 is 11.7 Å². The smallest absolute Gasteiger partial charge is 0.328 e. The maximum Gasteiger partial charge on any atom is 0.328 e. The van der Waals surface area contributed by atoms with E-state index >= 15 is 4.39 Å². The third-order valence-corrected chi connectivity index (χ3v) is 12.9. The van der Waals surface area contributed by atoms with E-state index in [0.29, 0.717) is 79.9 Å². The summed E-state index contributed by atoms with van der Waals surface area (Å²) in [6, 6.07) is 16.3. The van der Waals surface area contributed by atoms with Crippen molar-refractivity contribution >= 4 is 46.1 Å². The van der Waals surface area contributed by atoms with Gasteiger partial charge in [-0.05, 0) is 79.8 Å². The molecular formula is C45H51FN10O5. The second kappa shape index (κ2) is 16.4. The fourth-order valence-corrected chi connectivity index (χ4v) is 9.42. The Hall–Kier alpha value is -6.13. The quantitative estimate of drug-likeness (QED) is 0.175. The first-order valence-corrected chi connectivity index (χ1v) is 21.1. The number of nitrogen functional groups attached to an aromatic ring is 1. The van der Waals surface area contributed by atoms with Crippen LogP contribution in [0.2, 0.25) is 0 Å². The number of ether oxygens (including phenoxy) is 1. The van der Waals surface area contributed by atoms with Crippen LogP contribution in [0.4, 0.5) is 26.4 Å². The fraction of sp³-hybridized carbons (Fsp3) is 0.422. The zero-order valence-corrected chi connectivity index (χ0v) is 34.5. The number of aromatic hydroxyl groups is 1. The number of carbonyl (C=O) groups is 3. The molecule has 15 nitrogen and oxygen atoms in total. The zero-order valence-electron chi connectivity index (χ0n) is 34.5. The molecule has 0 unspecified atom stereocenters. The highest BCUT2D eigenvalue weighted by atomic mass is 19.1. The molecule has 4 amide bonds. The third-order valence-electron chi connectivity index (χ3n) is 12.9. The number of amides is 4. The van der Waals surface area contributed by atoms with Gasteiger partial charge in [-0.15, -0.1) is 10.2 Å². The largest absolute Gasteiger partial charge is 0.507 e. The Morgan fingerprint density at radius 2 is 1.77 bits per heavy atom. The number of benzene rings is 2. The average Bonchev–Trinajstić information content (AvgIpc) is 3.59. The molecule has 4 saturated heterocycles. The van der Waals surface area contributed by atoms with Crippen LogP contribution < -0.4 is 20.9 Å². The number of para-hydroxylation sites is 1. The highest BCUT2D eigenvalue weighted by Crippen LogP contribution is 2.37. The van der Waals surface area contributed by atoms with Crippen LogP contribution in [0.1, 0.15) is 71.3 Å². The summed E-state index contributed by atoms with van der Waals surface area (Å²) in [5, 5.41) is 22.1. The minimum absolute atomic E-state index is 0.0969. The summed E-state index contributed by atoms with van der Waals surface area (Å²) in [6.07, 6.45) is 6.09. The number of likely N-dealkylation sites (tertiary alicyclic amines) is 2. The van der Waals surface area contributed by atoms with Gasteiger partial charge in [0, 0.05) is 100 Å². The fourth-order valence-electron chi connectivity index (χ4n) is 9.42. The number of urea groups is 1. The van der Waals surface area contributed by atoms with Crippen LogP contribution in [0.15, 0.2) is 67.0 Å². The van der Waals surface area contributed by atoms with Crippen molar-refractivity contribution in [2.75, 3.05) is 74.5 Å². The van der Waals surface area contributed by atoms with Gasteiger partial charge in [0.05, 0.1) is 29.9 Å². The van der Waals surface area contributed by atoms with E-state index in [1.165, 1.54) is 0 Å². The molecule has 4 aliphatic rings.